The van der Waals surface area contributed by atoms with Crippen LogP contribution in [0.25, 0.3) is 0 Å². The Morgan fingerprint density at radius 2 is 2.07 bits per heavy atom. The fourth-order valence-electron chi connectivity index (χ4n) is 0.928. The number of hydrogen-bond acceptors (Lipinski definition) is 4. The van der Waals surface area contributed by atoms with Crippen LogP contribution in [0.5, 0.6) is 5.88 Å². The van der Waals surface area contributed by atoms with Gasteiger partial charge in [0, 0.05) is 11.5 Å². The Kier molecular flexibility index (Phi) is 3.43. The third-order valence-electron chi connectivity index (χ3n) is 1.49. The molecule has 0 spiro atoms. The Morgan fingerprint density at radius 3 is 2.50 bits per heavy atom. The van der Waals surface area contributed by atoms with Crippen molar-refractivity contribution in [1.29, 1.82) is 0 Å². The number of halogens is 1. The summed E-state index contributed by atoms with van der Waals surface area (Å²) in [5, 5.41) is 17.4. The molecule has 1 heterocycles. The van der Waals surface area contributed by atoms with Gasteiger partial charge in [-0.1, -0.05) is 6.07 Å². The molecule has 4 nitrogen and oxygen atoms in total. The number of aromatic nitrogens is 1. The first-order valence-electron chi connectivity index (χ1n) is 4.20. The summed E-state index contributed by atoms with van der Waals surface area (Å²) >= 11 is 0. The summed E-state index contributed by atoms with van der Waals surface area (Å²) in [5.41, 5.74) is -0.263. The molecule has 0 saturated heterocycles. The smallest absolute Gasteiger partial charge is 0.475 e. The molecule has 0 bridgehead atoms. The minimum absolute atomic E-state index is 0.105. The molecule has 1 aromatic heterocycles. The zero-order chi connectivity index (χ0) is 10.7. The van der Waals surface area contributed by atoms with Crippen molar-refractivity contribution < 1.29 is 19.2 Å². The van der Waals surface area contributed by atoms with Crippen LogP contribution in [-0.4, -0.2) is 28.3 Å². The highest BCUT2D eigenvalue weighted by Crippen LogP contribution is 2.07. The molecular weight excluding hydrogens is 188 g/mol. The molecule has 0 aromatic carbocycles. The number of ether oxygens (including phenoxy) is 1. The highest BCUT2D eigenvalue weighted by molar-refractivity contribution is 6.58. The molecule has 0 unspecified atom stereocenters. The fraction of sp³-hybridized carbons (Fsp3) is 0.375. The van der Waals surface area contributed by atoms with E-state index >= 15 is 0 Å². The average Bonchev–Trinajstić information content (AvgIpc) is 2.01. The lowest BCUT2D eigenvalue weighted by atomic mass is 9.81. The van der Waals surface area contributed by atoms with E-state index in [1.165, 1.54) is 12.1 Å². The Labute approximate surface area is 81.5 Å². The second-order valence-electron chi connectivity index (χ2n) is 3.07. The lowest BCUT2D eigenvalue weighted by Crippen LogP contribution is -2.33. The second-order valence-corrected chi connectivity index (χ2v) is 3.07. The minimum Gasteiger partial charge on any atom is -0.475 e. The first-order valence-corrected chi connectivity index (χ1v) is 4.20. The lowest BCUT2D eigenvalue weighted by Gasteiger charge is -2.09. The van der Waals surface area contributed by atoms with Crippen LogP contribution >= 0.6 is 0 Å². The van der Waals surface area contributed by atoms with Gasteiger partial charge in [-0.15, -0.1) is 0 Å². The van der Waals surface area contributed by atoms with Crippen LogP contribution < -0.4 is 10.2 Å². The van der Waals surface area contributed by atoms with E-state index < -0.39 is 13.1 Å². The summed E-state index contributed by atoms with van der Waals surface area (Å²) in [6, 6.07) is 2.61. The van der Waals surface area contributed by atoms with Crippen molar-refractivity contribution in [3.63, 3.8) is 0 Å². The predicted octanol–water partition coefficient (Wildman–Crippen LogP) is -0.312. The predicted molar refractivity (Wildman–Crippen MR) is 49.8 cm³/mol. The summed E-state index contributed by atoms with van der Waals surface area (Å²) in [4.78, 5) is 3.43. The molecule has 0 aliphatic carbocycles. The van der Waals surface area contributed by atoms with Gasteiger partial charge in [0.1, 0.15) is 0 Å². The molecule has 2 N–H and O–H groups in total. The maximum absolute atomic E-state index is 13.0. The van der Waals surface area contributed by atoms with E-state index in [0.29, 0.717) is 0 Å². The van der Waals surface area contributed by atoms with E-state index in [1.807, 2.05) is 0 Å². The van der Waals surface area contributed by atoms with Crippen molar-refractivity contribution in [2.45, 2.75) is 20.0 Å². The molecule has 0 amide bonds. The average molecular weight is 199 g/mol. The van der Waals surface area contributed by atoms with Gasteiger partial charge in [-0.3, -0.25) is 0 Å². The lowest BCUT2D eigenvalue weighted by molar-refractivity contribution is 0.230. The standard InChI is InChI=1S/C8H11BFNO3/c1-5(2)14-7-4-3-6(9(12)13)8(10)11-7/h3-5,12-13H,1-2H3. The molecular formula is C8H11BFNO3. The molecule has 1 rings (SSSR count). The molecule has 0 fully saturated rings. The highest BCUT2D eigenvalue weighted by atomic mass is 19.1. The van der Waals surface area contributed by atoms with Crippen molar-refractivity contribution in [2.75, 3.05) is 0 Å². The molecule has 76 valence electrons. The van der Waals surface area contributed by atoms with Crippen LogP contribution in [0.2, 0.25) is 0 Å². The third kappa shape index (κ3) is 2.68. The van der Waals surface area contributed by atoms with Gasteiger partial charge < -0.3 is 14.8 Å². The van der Waals surface area contributed by atoms with Crippen LogP contribution in [0.1, 0.15) is 13.8 Å². The SMILES string of the molecule is CC(C)Oc1ccc(B(O)O)c(F)n1. The van der Waals surface area contributed by atoms with Gasteiger partial charge in [0.15, 0.2) is 0 Å². The van der Waals surface area contributed by atoms with Crippen molar-refractivity contribution >= 4 is 12.6 Å². The topological polar surface area (TPSA) is 62.6 Å². The third-order valence-corrected chi connectivity index (χ3v) is 1.49. The summed E-state index contributed by atoms with van der Waals surface area (Å²) in [7, 11) is -1.85. The molecule has 1 aromatic rings. The van der Waals surface area contributed by atoms with Crippen LogP contribution in [-0.2, 0) is 0 Å². The minimum atomic E-state index is -1.85. The normalized spacial score (nSPS) is 10.4. The largest absolute Gasteiger partial charge is 0.493 e. The summed E-state index contributed by atoms with van der Waals surface area (Å²) in [5.74, 6) is -0.806. The zero-order valence-electron chi connectivity index (χ0n) is 7.94. The van der Waals surface area contributed by atoms with Crippen molar-refractivity contribution in [2.24, 2.45) is 0 Å². The number of hydrogen-bond donors (Lipinski definition) is 2. The maximum atomic E-state index is 13.0. The number of nitrogens with zero attached hydrogens (tertiary/aromatic N) is 1. The first kappa shape index (κ1) is 10.9. The quantitative estimate of drug-likeness (QED) is 0.517. The van der Waals surface area contributed by atoms with Gasteiger partial charge in [0.05, 0.1) is 6.10 Å². The van der Waals surface area contributed by atoms with Gasteiger partial charge in [-0.25, -0.2) is 0 Å². The monoisotopic (exact) mass is 199 g/mol. The van der Waals surface area contributed by atoms with Crippen LogP contribution in [0.4, 0.5) is 4.39 Å². The molecule has 14 heavy (non-hydrogen) atoms. The molecule has 6 heteroatoms. The summed E-state index contributed by atoms with van der Waals surface area (Å²) in [6.45, 7) is 3.57. The fourth-order valence-corrected chi connectivity index (χ4v) is 0.928. The van der Waals surface area contributed by atoms with Gasteiger partial charge in [0.25, 0.3) is 0 Å². The van der Waals surface area contributed by atoms with E-state index in [1.54, 1.807) is 13.8 Å². The molecule has 0 saturated carbocycles. The summed E-state index contributed by atoms with van der Waals surface area (Å²) < 4.78 is 18.2. The van der Waals surface area contributed by atoms with Gasteiger partial charge in [0.2, 0.25) is 11.8 Å². The Bertz CT molecular complexity index is 319. The van der Waals surface area contributed by atoms with Crippen LogP contribution in [0, 0.1) is 5.95 Å². The first-order chi connectivity index (χ1) is 6.50. The van der Waals surface area contributed by atoms with Crippen molar-refractivity contribution in [3.05, 3.63) is 18.1 Å². The Hall–Kier alpha value is -1.14. The molecule has 0 atom stereocenters. The highest BCUT2D eigenvalue weighted by Gasteiger charge is 2.18. The summed E-state index contributed by atoms with van der Waals surface area (Å²) in [6.07, 6.45) is -0.105. The van der Waals surface area contributed by atoms with E-state index in [-0.39, 0.29) is 17.4 Å². The number of rotatable bonds is 3. The second kappa shape index (κ2) is 4.39. The van der Waals surface area contributed by atoms with Crippen LogP contribution in [0.15, 0.2) is 12.1 Å². The van der Waals surface area contributed by atoms with E-state index in [4.69, 9.17) is 14.8 Å². The van der Waals surface area contributed by atoms with Crippen molar-refractivity contribution in [3.8, 4) is 5.88 Å². The zero-order valence-corrected chi connectivity index (χ0v) is 7.94. The van der Waals surface area contributed by atoms with E-state index in [9.17, 15) is 4.39 Å². The molecule has 0 radical (unpaired) electrons. The van der Waals surface area contributed by atoms with Gasteiger partial charge in [-0.2, -0.15) is 9.37 Å². The van der Waals surface area contributed by atoms with E-state index in [2.05, 4.69) is 4.98 Å². The Balaban J connectivity index is 2.89. The van der Waals surface area contributed by atoms with Crippen molar-refractivity contribution in [1.82, 2.24) is 4.98 Å². The van der Waals surface area contributed by atoms with E-state index in [0.717, 1.165) is 0 Å². The van der Waals surface area contributed by atoms with Gasteiger partial charge >= 0.3 is 7.12 Å². The number of pyridine rings is 1. The van der Waals surface area contributed by atoms with Crippen LogP contribution in [0.3, 0.4) is 0 Å². The maximum Gasteiger partial charge on any atom is 0.493 e. The molecule has 0 aliphatic heterocycles. The Morgan fingerprint density at radius 1 is 1.43 bits per heavy atom. The molecule has 0 aliphatic rings. The van der Waals surface area contributed by atoms with Gasteiger partial charge in [-0.05, 0) is 13.8 Å².